The number of hydrogen-bond acceptors (Lipinski definition) is 3. The first-order chi connectivity index (χ1) is 12.5. The third kappa shape index (κ3) is 5.34. The second-order valence-electron chi connectivity index (χ2n) is 5.02. The van der Waals surface area contributed by atoms with Gasteiger partial charge in [-0.15, -0.1) is 0 Å². The summed E-state index contributed by atoms with van der Waals surface area (Å²) in [5.74, 6) is 0.153. The Morgan fingerprint density at radius 1 is 1.42 bits per heavy atom. The molecule has 0 atom stereocenters. The number of hydrogen-bond donors (Lipinski definition) is 1. The number of rotatable bonds is 6. The van der Waals surface area contributed by atoms with Crippen molar-refractivity contribution >= 4 is 67.8 Å². The number of anilines is 1. The van der Waals surface area contributed by atoms with Crippen molar-refractivity contribution in [1.29, 1.82) is 5.26 Å². The van der Waals surface area contributed by atoms with E-state index in [1.165, 1.54) is 6.08 Å². The summed E-state index contributed by atoms with van der Waals surface area (Å²) >= 11 is 11.6. The third-order valence-corrected chi connectivity index (χ3v) is 4.88. The number of amides is 1. The summed E-state index contributed by atoms with van der Waals surface area (Å²) in [6, 6.07) is 12.4. The van der Waals surface area contributed by atoms with Gasteiger partial charge in [-0.2, -0.15) is 5.26 Å². The first kappa shape index (κ1) is 20.5. The lowest BCUT2D eigenvalue weighted by molar-refractivity contribution is -0.112. The van der Waals surface area contributed by atoms with Gasteiger partial charge >= 0.3 is 0 Å². The Kier molecular flexibility index (Phi) is 7.69. The molecule has 0 aromatic heterocycles. The SMILES string of the molecule is C=CCOc1c(Br)cc(/C=C(\C#N)C(=O)Nc2ccccc2Cl)cc1I. The van der Waals surface area contributed by atoms with Crippen LogP contribution in [0.3, 0.4) is 0 Å². The molecule has 4 nitrogen and oxygen atoms in total. The Morgan fingerprint density at radius 2 is 2.15 bits per heavy atom. The molecule has 0 fully saturated rings. The number of nitrogens with zero attached hydrogens (tertiary/aromatic N) is 1. The number of benzene rings is 2. The highest BCUT2D eigenvalue weighted by atomic mass is 127. The zero-order valence-corrected chi connectivity index (χ0v) is 17.9. The molecule has 0 bridgehead atoms. The Hall–Kier alpha value is -1.82. The van der Waals surface area contributed by atoms with Gasteiger partial charge in [-0.05, 0) is 74.4 Å². The fraction of sp³-hybridized carbons (Fsp3) is 0.0526. The minimum absolute atomic E-state index is 0.0348. The van der Waals surface area contributed by atoms with Crippen molar-refractivity contribution in [3.05, 3.63) is 73.3 Å². The molecule has 0 spiro atoms. The van der Waals surface area contributed by atoms with Gasteiger partial charge in [0.05, 0.1) is 18.8 Å². The van der Waals surface area contributed by atoms with Crippen LogP contribution in [-0.4, -0.2) is 12.5 Å². The normalized spacial score (nSPS) is 10.8. The van der Waals surface area contributed by atoms with Crippen LogP contribution in [0.15, 0.2) is 59.1 Å². The summed E-state index contributed by atoms with van der Waals surface area (Å²) in [6.45, 7) is 4.00. The van der Waals surface area contributed by atoms with Crippen molar-refractivity contribution in [2.75, 3.05) is 11.9 Å². The van der Waals surface area contributed by atoms with Crippen molar-refractivity contribution in [1.82, 2.24) is 0 Å². The number of nitrogens with one attached hydrogen (secondary N) is 1. The molecule has 2 aromatic rings. The number of halogens is 3. The minimum Gasteiger partial charge on any atom is -0.487 e. The molecule has 0 unspecified atom stereocenters. The fourth-order valence-corrected chi connectivity index (χ4v) is 3.96. The van der Waals surface area contributed by atoms with Gasteiger partial charge in [-0.3, -0.25) is 4.79 Å². The zero-order chi connectivity index (χ0) is 19.1. The van der Waals surface area contributed by atoms with Gasteiger partial charge in [0.15, 0.2) is 0 Å². The summed E-state index contributed by atoms with van der Waals surface area (Å²) in [4.78, 5) is 12.4. The van der Waals surface area contributed by atoms with E-state index in [1.54, 1.807) is 36.4 Å². The van der Waals surface area contributed by atoms with E-state index in [2.05, 4.69) is 50.4 Å². The van der Waals surface area contributed by atoms with Gasteiger partial charge in [0, 0.05) is 0 Å². The Bertz CT molecular complexity index is 899. The molecule has 0 heterocycles. The predicted molar refractivity (Wildman–Crippen MR) is 116 cm³/mol. The second kappa shape index (κ2) is 9.76. The number of ether oxygens (including phenoxy) is 1. The highest BCUT2D eigenvalue weighted by molar-refractivity contribution is 14.1. The molecule has 2 rings (SSSR count). The van der Waals surface area contributed by atoms with Crippen LogP contribution in [0.5, 0.6) is 5.75 Å². The van der Waals surface area contributed by atoms with Gasteiger partial charge < -0.3 is 10.1 Å². The Morgan fingerprint density at radius 3 is 2.77 bits per heavy atom. The average molecular weight is 544 g/mol. The molecule has 0 saturated heterocycles. The Balaban J connectivity index is 2.28. The van der Waals surface area contributed by atoms with Crippen LogP contribution in [0.1, 0.15) is 5.56 Å². The van der Waals surface area contributed by atoms with Gasteiger partial charge in [0.2, 0.25) is 0 Å². The molecule has 132 valence electrons. The Labute approximate surface area is 178 Å². The molecule has 26 heavy (non-hydrogen) atoms. The summed E-state index contributed by atoms with van der Waals surface area (Å²) in [6.07, 6.45) is 3.17. The molecule has 1 N–H and O–H groups in total. The lowest BCUT2D eigenvalue weighted by Gasteiger charge is -2.10. The molecule has 1 amide bonds. The predicted octanol–water partition coefficient (Wildman–Crippen LogP) is 5.82. The minimum atomic E-state index is -0.529. The summed E-state index contributed by atoms with van der Waals surface area (Å²) in [5.41, 5.74) is 1.11. The van der Waals surface area contributed by atoms with E-state index in [0.717, 1.165) is 8.04 Å². The second-order valence-corrected chi connectivity index (χ2v) is 7.44. The quantitative estimate of drug-likeness (QED) is 0.216. The topological polar surface area (TPSA) is 62.1 Å². The molecule has 2 aromatic carbocycles. The molecule has 7 heteroatoms. The van der Waals surface area contributed by atoms with E-state index in [4.69, 9.17) is 16.3 Å². The molecular weight excluding hydrogens is 530 g/mol. The molecular formula is C19H13BrClIN2O2. The number of nitriles is 1. The first-order valence-electron chi connectivity index (χ1n) is 7.36. The first-order valence-corrected chi connectivity index (χ1v) is 9.61. The summed E-state index contributed by atoms with van der Waals surface area (Å²) in [7, 11) is 0. The third-order valence-electron chi connectivity index (χ3n) is 3.16. The maximum atomic E-state index is 12.4. The van der Waals surface area contributed by atoms with Crippen molar-refractivity contribution in [2.24, 2.45) is 0 Å². The summed E-state index contributed by atoms with van der Waals surface area (Å²) in [5, 5.41) is 12.4. The van der Waals surface area contributed by atoms with Crippen LogP contribution in [0.2, 0.25) is 5.02 Å². The highest BCUT2D eigenvalue weighted by Crippen LogP contribution is 2.33. The largest absolute Gasteiger partial charge is 0.487 e. The fourth-order valence-electron chi connectivity index (χ4n) is 2.01. The molecule has 0 radical (unpaired) electrons. The van der Waals surface area contributed by atoms with E-state index >= 15 is 0 Å². The lowest BCUT2D eigenvalue weighted by atomic mass is 10.1. The maximum absolute atomic E-state index is 12.4. The van der Waals surface area contributed by atoms with E-state index in [0.29, 0.717) is 28.6 Å². The van der Waals surface area contributed by atoms with Gasteiger partial charge in [0.1, 0.15) is 24.0 Å². The van der Waals surface area contributed by atoms with Crippen LogP contribution in [0, 0.1) is 14.9 Å². The number of carbonyl (C=O) groups excluding carboxylic acids is 1. The van der Waals surface area contributed by atoms with Crippen LogP contribution in [-0.2, 0) is 4.79 Å². The van der Waals surface area contributed by atoms with Gasteiger partial charge in [0.25, 0.3) is 5.91 Å². The molecule has 0 aliphatic heterocycles. The molecule has 0 aliphatic carbocycles. The monoisotopic (exact) mass is 542 g/mol. The highest BCUT2D eigenvalue weighted by Gasteiger charge is 2.13. The van der Waals surface area contributed by atoms with E-state index in [9.17, 15) is 10.1 Å². The summed E-state index contributed by atoms with van der Waals surface area (Å²) < 4.78 is 7.16. The maximum Gasteiger partial charge on any atom is 0.266 e. The van der Waals surface area contributed by atoms with Crippen molar-refractivity contribution in [2.45, 2.75) is 0 Å². The average Bonchev–Trinajstić information content (AvgIpc) is 2.61. The smallest absolute Gasteiger partial charge is 0.266 e. The van der Waals surface area contributed by atoms with Crippen molar-refractivity contribution in [3.8, 4) is 11.8 Å². The van der Waals surface area contributed by atoms with Crippen LogP contribution in [0.25, 0.3) is 6.08 Å². The van der Waals surface area contributed by atoms with E-state index in [-0.39, 0.29) is 5.57 Å². The standard InChI is InChI=1S/C19H13BrClIN2O2/c1-2-7-26-18-14(20)9-12(10-16(18)22)8-13(11-23)19(25)24-17-6-4-3-5-15(17)21/h2-6,8-10H,1,7H2,(H,24,25)/b13-8+. The van der Waals surface area contributed by atoms with Crippen LogP contribution < -0.4 is 10.1 Å². The van der Waals surface area contributed by atoms with E-state index < -0.39 is 5.91 Å². The number of carbonyl (C=O) groups is 1. The van der Waals surface area contributed by atoms with Gasteiger partial charge in [-0.1, -0.05) is 36.4 Å². The molecule has 0 aliphatic rings. The molecule has 0 saturated carbocycles. The van der Waals surface area contributed by atoms with Crippen LogP contribution in [0.4, 0.5) is 5.69 Å². The van der Waals surface area contributed by atoms with Crippen LogP contribution >= 0.6 is 50.1 Å². The lowest BCUT2D eigenvalue weighted by Crippen LogP contribution is -2.13. The van der Waals surface area contributed by atoms with Crippen molar-refractivity contribution < 1.29 is 9.53 Å². The number of para-hydroxylation sites is 1. The van der Waals surface area contributed by atoms with Crippen molar-refractivity contribution in [3.63, 3.8) is 0 Å². The zero-order valence-electron chi connectivity index (χ0n) is 13.4. The van der Waals surface area contributed by atoms with E-state index in [1.807, 2.05) is 12.1 Å². The van der Waals surface area contributed by atoms with Gasteiger partial charge in [-0.25, -0.2) is 0 Å².